The second-order valence-corrected chi connectivity index (χ2v) is 4.64. The fourth-order valence-corrected chi connectivity index (χ4v) is 1.81. The summed E-state index contributed by atoms with van der Waals surface area (Å²) in [6.45, 7) is 2.39. The second-order valence-electron chi connectivity index (χ2n) is 4.28. The molecule has 0 atom stereocenters. The molecule has 1 aromatic rings. The number of aryl methyl sites for hydroxylation is 2. The Balaban J connectivity index is 1.93. The molecule has 1 fully saturated rings. The molecule has 1 aliphatic rings. The van der Waals surface area contributed by atoms with Gasteiger partial charge < -0.3 is 4.74 Å². The number of carbonyl (C=O) groups is 1. The molecule has 1 aliphatic carbocycles. The van der Waals surface area contributed by atoms with Crippen LogP contribution in [0.5, 0.6) is 0 Å². The standard InChI is InChI=1S/C11H15ClN2O2/c1-7-9(11(12)14(2)13-7)5-10(15)16-6-8-3-4-8/h8H,3-6H2,1-2H3. The fraction of sp³-hybridized carbons (Fsp3) is 0.636. The van der Waals surface area contributed by atoms with Gasteiger partial charge >= 0.3 is 5.97 Å². The van der Waals surface area contributed by atoms with Crippen LogP contribution in [-0.4, -0.2) is 22.4 Å². The van der Waals surface area contributed by atoms with Gasteiger partial charge in [-0.25, -0.2) is 0 Å². The van der Waals surface area contributed by atoms with E-state index in [1.807, 2.05) is 6.92 Å². The Morgan fingerprint density at radius 1 is 1.62 bits per heavy atom. The molecule has 1 heterocycles. The first-order valence-electron chi connectivity index (χ1n) is 5.41. The molecule has 88 valence electrons. The minimum Gasteiger partial charge on any atom is -0.465 e. The minimum absolute atomic E-state index is 0.214. The highest BCUT2D eigenvalue weighted by atomic mass is 35.5. The van der Waals surface area contributed by atoms with Gasteiger partial charge in [0, 0.05) is 12.6 Å². The lowest BCUT2D eigenvalue weighted by Crippen LogP contribution is -2.10. The molecule has 1 aromatic heterocycles. The Morgan fingerprint density at radius 3 is 2.81 bits per heavy atom. The first-order chi connectivity index (χ1) is 7.58. The molecule has 0 saturated heterocycles. The Kier molecular flexibility index (Phi) is 3.19. The zero-order chi connectivity index (χ0) is 11.7. The maximum Gasteiger partial charge on any atom is 0.310 e. The van der Waals surface area contributed by atoms with Crippen LogP contribution in [0.4, 0.5) is 0 Å². The summed E-state index contributed by atoms with van der Waals surface area (Å²) in [6.07, 6.45) is 2.57. The van der Waals surface area contributed by atoms with Gasteiger partial charge in [-0.05, 0) is 25.7 Å². The van der Waals surface area contributed by atoms with E-state index in [0.717, 1.165) is 11.3 Å². The zero-order valence-corrected chi connectivity index (χ0v) is 10.3. The smallest absolute Gasteiger partial charge is 0.310 e. The maximum atomic E-state index is 11.5. The van der Waals surface area contributed by atoms with Crippen molar-refractivity contribution in [2.75, 3.05) is 6.61 Å². The number of hydrogen-bond acceptors (Lipinski definition) is 3. The number of carbonyl (C=O) groups excluding carboxylic acids is 1. The highest BCUT2D eigenvalue weighted by Gasteiger charge is 2.23. The van der Waals surface area contributed by atoms with Crippen molar-refractivity contribution in [2.24, 2.45) is 13.0 Å². The summed E-state index contributed by atoms with van der Waals surface area (Å²) in [4.78, 5) is 11.5. The molecule has 1 saturated carbocycles. The van der Waals surface area contributed by atoms with Crippen molar-refractivity contribution in [2.45, 2.75) is 26.2 Å². The number of esters is 1. The molecule has 16 heavy (non-hydrogen) atoms. The van der Waals surface area contributed by atoms with Gasteiger partial charge in [-0.15, -0.1) is 0 Å². The van der Waals surface area contributed by atoms with Gasteiger partial charge in [-0.3, -0.25) is 9.48 Å². The average Bonchev–Trinajstić information content (AvgIpc) is 3.01. The lowest BCUT2D eigenvalue weighted by atomic mass is 10.2. The molecule has 0 N–H and O–H groups in total. The van der Waals surface area contributed by atoms with E-state index in [1.54, 1.807) is 11.7 Å². The summed E-state index contributed by atoms with van der Waals surface area (Å²) in [7, 11) is 1.76. The highest BCUT2D eigenvalue weighted by Crippen LogP contribution is 2.29. The van der Waals surface area contributed by atoms with E-state index in [4.69, 9.17) is 16.3 Å². The van der Waals surface area contributed by atoms with Crippen LogP contribution < -0.4 is 0 Å². The van der Waals surface area contributed by atoms with E-state index in [1.165, 1.54) is 12.8 Å². The van der Waals surface area contributed by atoms with Crippen LogP contribution in [0, 0.1) is 12.8 Å². The molecule has 0 radical (unpaired) electrons. The van der Waals surface area contributed by atoms with Crippen LogP contribution in [-0.2, 0) is 23.0 Å². The lowest BCUT2D eigenvalue weighted by Gasteiger charge is -2.03. The van der Waals surface area contributed by atoms with Crippen molar-refractivity contribution in [3.8, 4) is 0 Å². The number of hydrogen-bond donors (Lipinski definition) is 0. The third-order valence-electron chi connectivity index (χ3n) is 2.77. The van der Waals surface area contributed by atoms with E-state index in [9.17, 15) is 4.79 Å². The first kappa shape index (κ1) is 11.5. The summed E-state index contributed by atoms with van der Waals surface area (Å²) < 4.78 is 6.72. The Morgan fingerprint density at radius 2 is 2.31 bits per heavy atom. The molecule has 2 rings (SSSR count). The molecule has 0 amide bonds. The average molecular weight is 243 g/mol. The van der Waals surface area contributed by atoms with Crippen molar-refractivity contribution in [3.05, 3.63) is 16.4 Å². The normalized spacial score (nSPS) is 15.2. The van der Waals surface area contributed by atoms with E-state index in [0.29, 0.717) is 17.7 Å². The van der Waals surface area contributed by atoms with Gasteiger partial charge in [0.2, 0.25) is 0 Å². The van der Waals surface area contributed by atoms with Crippen molar-refractivity contribution >= 4 is 17.6 Å². The number of aromatic nitrogens is 2. The van der Waals surface area contributed by atoms with Crippen LogP contribution in [0.3, 0.4) is 0 Å². The van der Waals surface area contributed by atoms with Crippen LogP contribution in [0.2, 0.25) is 5.15 Å². The topological polar surface area (TPSA) is 44.1 Å². The quantitative estimate of drug-likeness (QED) is 0.758. The predicted octanol–water partition coefficient (Wildman–Crippen LogP) is 1.88. The fourth-order valence-electron chi connectivity index (χ4n) is 1.57. The van der Waals surface area contributed by atoms with E-state index in [2.05, 4.69) is 5.10 Å². The van der Waals surface area contributed by atoms with Gasteiger partial charge in [0.05, 0.1) is 18.7 Å². The van der Waals surface area contributed by atoms with Gasteiger partial charge in [-0.1, -0.05) is 11.6 Å². The molecule has 0 aliphatic heterocycles. The monoisotopic (exact) mass is 242 g/mol. The molecule has 0 unspecified atom stereocenters. The van der Waals surface area contributed by atoms with Crippen LogP contribution >= 0.6 is 11.6 Å². The largest absolute Gasteiger partial charge is 0.465 e. The van der Waals surface area contributed by atoms with Crippen LogP contribution in [0.15, 0.2) is 0 Å². The molecular formula is C11H15ClN2O2. The summed E-state index contributed by atoms with van der Waals surface area (Å²) in [5.41, 5.74) is 1.56. The minimum atomic E-state index is -0.218. The summed E-state index contributed by atoms with van der Waals surface area (Å²) >= 11 is 6.03. The number of halogens is 1. The van der Waals surface area contributed by atoms with Gasteiger partial charge in [0.25, 0.3) is 0 Å². The molecule has 4 nitrogen and oxygen atoms in total. The lowest BCUT2D eigenvalue weighted by molar-refractivity contribution is -0.143. The third kappa shape index (κ3) is 2.55. The highest BCUT2D eigenvalue weighted by molar-refractivity contribution is 6.30. The maximum absolute atomic E-state index is 11.5. The number of rotatable bonds is 4. The van der Waals surface area contributed by atoms with Crippen LogP contribution in [0.25, 0.3) is 0 Å². The first-order valence-corrected chi connectivity index (χ1v) is 5.79. The van der Waals surface area contributed by atoms with E-state index < -0.39 is 0 Å². The van der Waals surface area contributed by atoms with Crippen molar-refractivity contribution in [3.63, 3.8) is 0 Å². The third-order valence-corrected chi connectivity index (χ3v) is 3.24. The second kappa shape index (κ2) is 4.45. The predicted molar refractivity (Wildman–Crippen MR) is 60.3 cm³/mol. The molecule has 5 heteroatoms. The molecule has 0 aromatic carbocycles. The van der Waals surface area contributed by atoms with E-state index in [-0.39, 0.29) is 12.4 Å². The Labute approximate surface area is 99.5 Å². The Bertz CT molecular complexity index is 410. The van der Waals surface area contributed by atoms with Crippen molar-refractivity contribution < 1.29 is 9.53 Å². The van der Waals surface area contributed by atoms with Crippen LogP contribution in [0.1, 0.15) is 24.1 Å². The van der Waals surface area contributed by atoms with Crippen molar-refractivity contribution in [1.29, 1.82) is 0 Å². The van der Waals surface area contributed by atoms with E-state index >= 15 is 0 Å². The summed E-state index contributed by atoms with van der Waals surface area (Å²) in [5, 5.41) is 4.66. The summed E-state index contributed by atoms with van der Waals surface area (Å²) in [6, 6.07) is 0. The molecule has 0 bridgehead atoms. The van der Waals surface area contributed by atoms with Crippen molar-refractivity contribution in [1.82, 2.24) is 9.78 Å². The molecule has 0 spiro atoms. The van der Waals surface area contributed by atoms with Gasteiger partial charge in [0.1, 0.15) is 5.15 Å². The number of nitrogens with zero attached hydrogens (tertiary/aromatic N) is 2. The SMILES string of the molecule is Cc1nn(C)c(Cl)c1CC(=O)OCC1CC1. The summed E-state index contributed by atoms with van der Waals surface area (Å²) in [5.74, 6) is 0.374. The zero-order valence-electron chi connectivity index (χ0n) is 9.49. The molecular weight excluding hydrogens is 228 g/mol. The van der Waals surface area contributed by atoms with Gasteiger partial charge in [0.15, 0.2) is 0 Å². The van der Waals surface area contributed by atoms with Gasteiger partial charge in [-0.2, -0.15) is 5.10 Å². The number of ether oxygens (including phenoxy) is 1. The Hall–Kier alpha value is -1.03.